The van der Waals surface area contributed by atoms with E-state index in [1.54, 1.807) is 0 Å². The molecule has 0 fully saturated rings. The van der Waals surface area contributed by atoms with Crippen LogP contribution in [0.25, 0.3) is 22.3 Å². The lowest BCUT2D eigenvalue weighted by molar-refractivity contribution is -0.168. The zero-order chi connectivity index (χ0) is 61.2. The number of aliphatic hydroxyl groups is 3. The van der Waals surface area contributed by atoms with E-state index in [9.17, 15) is 107 Å². The first-order chi connectivity index (χ1) is 40.1. The van der Waals surface area contributed by atoms with E-state index >= 15 is 14.4 Å². The normalized spacial score (nSPS) is 24.8. The van der Waals surface area contributed by atoms with E-state index in [2.05, 4.69) is 0 Å². The van der Waals surface area contributed by atoms with Crippen molar-refractivity contribution in [3.05, 3.63) is 98.1 Å². The molecule has 85 heavy (non-hydrogen) atoms. The molecule has 30 heteroatoms. The summed E-state index contributed by atoms with van der Waals surface area (Å²) < 4.78 is 35.2. The molecule has 0 radical (unpaired) electrons. The van der Waals surface area contributed by atoms with Crippen LogP contribution in [0.15, 0.2) is 53.6 Å². The number of hydrogen-bond acceptors (Lipinski definition) is 30. The maximum Gasteiger partial charge on any atom is 0.339 e. The fourth-order valence-corrected chi connectivity index (χ4v) is 12.0. The summed E-state index contributed by atoms with van der Waals surface area (Å²) in [6.45, 7) is -1.59. The third-order valence-electron chi connectivity index (χ3n) is 15.8. The van der Waals surface area contributed by atoms with Crippen molar-refractivity contribution in [2.75, 3.05) is 6.61 Å². The lowest BCUT2D eigenvalue weighted by atomic mass is 9.75. The smallest absolute Gasteiger partial charge is 0.339 e. The van der Waals surface area contributed by atoms with Gasteiger partial charge in [-0.2, -0.15) is 0 Å². The predicted octanol–water partition coefficient (Wildman–Crippen LogP) is 1.65. The minimum absolute atomic E-state index is 0.0899. The van der Waals surface area contributed by atoms with E-state index in [1.165, 1.54) is 6.07 Å². The number of aliphatic hydroxyl groups excluding tert-OH is 3. The molecule has 1 aliphatic carbocycles. The Labute approximate surface area is 470 Å². The summed E-state index contributed by atoms with van der Waals surface area (Å²) in [5.41, 5.74) is -13.5. The van der Waals surface area contributed by atoms with Crippen LogP contribution in [0.5, 0.6) is 97.7 Å². The topological polar surface area (TPSA) is 525 Å². The Bertz CT molecular complexity index is 4110. The standard InChI is InChI=1S/C55H40O30/c56-15-2-1-10(3-17(15)58)46-22(63)4-11-16(57)8-18(59)27(47(11)82-46)31-30-34-32-29-33(54(78)84-49(32)43(30)72)28(41(70)44(73)42(29)71)26-14(7-21(62)37(66)40(26)69)52(76)81-23-9-80-51(75)12-5-19(60)35(64)38(67)24(12)25-13(6-20(61)36(65)39(25)68)53(77)83-48(23)45(74)50(31)85-55(34)79/h1-3,5-8,22-23,31-32,43,45-46,48-50,56-74H,4,9H2/t22-,23?,31+,32?,43?,45?,46+,48?,49?,50-/m0/s1. The third kappa shape index (κ3) is 7.65. The van der Waals surface area contributed by atoms with E-state index in [-0.39, 0.29) is 11.1 Å². The summed E-state index contributed by atoms with van der Waals surface area (Å²) in [6.07, 6.45) is -19.8. The van der Waals surface area contributed by atoms with Crippen LogP contribution in [0.1, 0.15) is 81.6 Å². The third-order valence-corrected chi connectivity index (χ3v) is 15.8. The molecule has 12 rings (SSSR count). The van der Waals surface area contributed by atoms with Crippen LogP contribution in [0, 0.1) is 0 Å². The number of benzene rings is 6. The van der Waals surface area contributed by atoms with Gasteiger partial charge in [0.05, 0.1) is 45.8 Å². The van der Waals surface area contributed by atoms with Crippen LogP contribution in [0.4, 0.5) is 0 Å². The van der Waals surface area contributed by atoms with Crippen molar-refractivity contribution < 1.29 is 149 Å². The lowest BCUT2D eigenvalue weighted by Crippen LogP contribution is -2.54. The van der Waals surface area contributed by atoms with Crippen LogP contribution in [0.3, 0.4) is 0 Å². The van der Waals surface area contributed by atoms with Gasteiger partial charge in [0.15, 0.2) is 69.7 Å². The number of cyclic esters (lactones) is 1. The van der Waals surface area contributed by atoms with Crippen molar-refractivity contribution in [1.29, 1.82) is 0 Å². The van der Waals surface area contributed by atoms with Gasteiger partial charge in [-0.25, -0.2) is 24.0 Å². The molecule has 30 nitrogen and oxygen atoms in total. The van der Waals surface area contributed by atoms with Gasteiger partial charge in [0.1, 0.15) is 54.4 Å². The number of fused-ring (bicyclic) bond motifs is 9. The van der Waals surface area contributed by atoms with Gasteiger partial charge in [0.25, 0.3) is 0 Å². The Balaban J connectivity index is 1.18. The number of hydrogen-bond donors (Lipinski definition) is 19. The van der Waals surface area contributed by atoms with Crippen molar-refractivity contribution in [3.63, 3.8) is 0 Å². The monoisotopic (exact) mass is 1180 g/mol. The first kappa shape index (κ1) is 54.5. The molecule has 6 aromatic carbocycles. The van der Waals surface area contributed by atoms with Crippen molar-refractivity contribution in [3.8, 4) is 120 Å². The summed E-state index contributed by atoms with van der Waals surface area (Å²) in [7, 11) is 0. The Morgan fingerprint density at radius 3 is 1.52 bits per heavy atom. The minimum atomic E-state index is -2.97. The van der Waals surface area contributed by atoms with Gasteiger partial charge in [-0.15, -0.1) is 0 Å². The Morgan fingerprint density at radius 1 is 0.400 bits per heavy atom. The number of phenolic OH excluding ortho intramolecular Hbond substituents is 16. The number of esters is 5. The summed E-state index contributed by atoms with van der Waals surface area (Å²) in [4.78, 5) is 74.4. The number of aromatic hydroxyl groups is 16. The zero-order valence-corrected chi connectivity index (χ0v) is 42.2. The highest BCUT2D eigenvalue weighted by Gasteiger charge is 2.62. The van der Waals surface area contributed by atoms with Crippen molar-refractivity contribution in [2.24, 2.45) is 0 Å². The van der Waals surface area contributed by atoms with Gasteiger partial charge < -0.3 is 125 Å². The first-order valence-electron chi connectivity index (χ1n) is 24.8. The summed E-state index contributed by atoms with van der Waals surface area (Å²) in [5.74, 6) is -35.3. The number of phenols is 16. The van der Waals surface area contributed by atoms with Crippen molar-refractivity contribution in [1.82, 2.24) is 0 Å². The van der Waals surface area contributed by atoms with Gasteiger partial charge in [0, 0.05) is 51.4 Å². The SMILES string of the molecule is O=C1O[C@@H]2C(O)C3OC(=O)c4cc(O)c(O)c(O)c4-c4c(cc(O)c(O)c4O)C(=O)OCC3OC(=O)c3cc(O)c(O)c(O)c3-c3c(O)c(O)c(O)c4c3C(=O)OC3C(O)C(=C1C43)[C@H]2c1c(O)cc(O)c2c1O[C@H](c1ccc(O)c(O)c1)[C@@H](O)C2. The molecule has 5 heterocycles. The Hall–Kier alpha value is -11.1. The van der Waals surface area contributed by atoms with E-state index in [4.69, 9.17) is 28.4 Å². The molecule has 6 bridgehead atoms. The zero-order valence-electron chi connectivity index (χ0n) is 42.2. The Kier molecular flexibility index (Phi) is 12.0. The summed E-state index contributed by atoms with van der Waals surface area (Å²) >= 11 is 0. The second-order valence-corrected chi connectivity index (χ2v) is 20.4. The molecule has 19 N–H and O–H groups in total. The van der Waals surface area contributed by atoms with Crippen molar-refractivity contribution >= 4 is 29.8 Å². The maximum absolute atomic E-state index is 15.2. The van der Waals surface area contributed by atoms with Crippen molar-refractivity contribution in [2.45, 2.75) is 67.1 Å². The molecule has 440 valence electrons. The van der Waals surface area contributed by atoms with E-state index in [1.807, 2.05) is 0 Å². The molecule has 6 unspecified atom stereocenters. The van der Waals surface area contributed by atoms with Gasteiger partial charge >= 0.3 is 29.8 Å². The van der Waals surface area contributed by atoms with E-state index < -0.39 is 268 Å². The molecule has 0 amide bonds. The minimum Gasteiger partial charge on any atom is -0.507 e. The van der Waals surface area contributed by atoms with E-state index in [0.29, 0.717) is 24.3 Å². The van der Waals surface area contributed by atoms with Crippen LogP contribution in [-0.2, 0) is 34.9 Å². The number of ether oxygens (including phenoxy) is 6. The molecule has 6 aromatic rings. The second-order valence-electron chi connectivity index (χ2n) is 20.4. The first-order valence-corrected chi connectivity index (χ1v) is 24.8. The maximum atomic E-state index is 15.2. The quantitative estimate of drug-likeness (QED) is 0.0666. The summed E-state index contributed by atoms with van der Waals surface area (Å²) in [6, 6.07) is 4.85. The molecule has 0 spiro atoms. The fraction of sp³-hybridized carbons (Fsp3) is 0.218. The van der Waals surface area contributed by atoms with Gasteiger partial charge in [-0.3, -0.25) is 0 Å². The molecule has 10 atom stereocenters. The van der Waals surface area contributed by atoms with Crippen LogP contribution >= 0.6 is 0 Å². The highest BCUT2D eigenvalue weighted by molar-refractivity contribution is 6.12. The molecule has 0 aromatic heterocycles. The molecular formula is C55H40O30. The molecule has 6 aliphatic rings. The average molecular weight is 1180 g/mol. The molecule has 0 saturated carbocycles. The van der Waals surface area contributed by atoms with Gasteiger partial charge in [0.2, 0.25) is 23.0 Å². The molecular weight excluding hydrogens is 1140 g/mol. The van der Waals surface area contributed by atoms with Crippen LogP contribution in [0.2, 0.25) is 0 Å². The fourth-order valence-electron chi connectivity index (χ4n) is 12.0. The van der Waals surface area contributed by atoms with Gasteiger partial charge in [-0.05, 0) is 41.5 Å². The van der Waals surface area contributed by atoms with Gasteiger partial charge in [-0.1, -0.05) is 6.07 Å². The second kappa shape index (κ2) is 18.7. The molecule has 0 saturated heterocycles. The van der Waals surface area contributed by atoms with Crippen LogP contribution in [-0.4, -0.2) is 176 Å². The summed E-state index contributed by atoms with van der Waals surface area (Å²) in [5, 5.41) is 216. The molecule has 5 aliphatic heterocycles. The van der Waals surface area contributed by atoms with Crippen LogP contribution < -0.4 is 4.74 Å². The number of rotatable bonds is 2. The lowest BCUT2D eigenvalue weighted by Gasteiger charge is -2.42. The predicted molar refractivity (Wildman–Crippen MR) is 269 cm³/mol. The number of carbonyl (C=O) groups excluding carboxylic acids is 5. The average Bonchev–Trinajstić information content (AvgIpc) is 1.62. The highest BCUT2D eigenvalue weighted by Crippen LogP contribution is 2.64. The van der Waals surface area contributed by atoms with E-state index in [0.717, 1.165) is 12.1 Å². The Morgan fingerprint density at radius 2 is 0.929 bits per heavy atom. The highest BCUT2D eigenvalue weighted by atomic mass is 16.6. The largest absolute Gasteiger partial charge is 0.507 e. The number of carbonyl (C=O) groups is 5.